The van der Waals surface area contributed by atoms with E-state index in [1.165, 1.54) is 22.3 Å². The van der Waals surface area contributed by atoms with Crippen LogP contribution in [0.15, 0.2) is 72.3 Å². The predicted molar refractivity (Wildman–Crippen MR) is 118 cm³/mol. The number of ether oxygens (including phenoxy) is 1. The number of anilines is 1. The first-order valence-electron chi connectivity index (χ1n) is 8.51. The van der Waals surface area contributed by atoms with Gasteiger partial charge in [-0.2, -0.15) is 0 Å². The van der Waals surface area contributed by atoms with Gasteiger partial charge in [-0.15, -0.1) is 11.3 Å². The highest BCUT2D eigenvalue weighted by Gasteiger charge is 2.34. The summed E-state index contributed by atoms with van der Waals surface area (Å²) in [6.07, 6.45) is 1.51. The number of rotatable bonds is 4. The number of carbonyl (C=O) groups is 2. The highest BCUT2D eigenvalue weighted by atomic mass is 35.5. The molecule has 1 aromatic heterocycles. The number of halogens is 1. The van der Waals surface area contributed by atoms with Crippen LogP contribution in [0.25, 0.3) is 6.08 Å². The standard InChI is InChI=1S/C21H13ClN2O3S2/c22-18-11-10-16(29-18)12-17-19(25)23-21(28)24(20(17)26)13-6-8-15(9-7-13)27-14-4-2-1-3-5-14/h1-12H,(H,23,25,28)/b17-12+. The predicted octanol–water partition coefficient (Wildman–Crippen LogP) is 5.03. The average molecular weight is 441 g/mol. The molecule has 0 unspecified atom stereocenters. The molecule has 1 aliphatic rings. The van der Waals surface area contributed by atoms with E-state index in [2.05, 4.69) is 5.32 Å². The van der Waals surface area contributed by atoms with Gasteiger partial charge in [0.2, 0.25) is 0 Å². The Morgan fingerprint density at radius 1 is 0.966 bits per heavy atom. The first-order valence-corrected chi connectivity index (χ1v) is 10.1. The zero-order chi connectivity index (χ0) is 20.4. The topological polar surface area (TPSA) is 58.6 Å². The van der Waals surface area contributed by atoms with Gasteiger partial charge in [0.05, 0.1) is 10.0 Å². The van der Waals surface area contributed by atoms with E-state index < -0.39 is 11.8 Å². The molecule has 4 rings (SSSR count). The molecule has 5 nitrogen and oxygen atoms in total. The Morgan fingerprint density at radius 3 is 2.31 bits per heavy atom. The Kier molecular flexibility index (Phi) is 5.44. The quantitative estimate of drug-likeness (QED) is 0.351. The smallest absolute Gasteiger partial charge is 0.270 e. The Bertz CT molecular complexity index is 1120. The number of para-hydroxylation sites is 1. The molecule has 3 aromatic rings. The zero-order valence-electron chi connectivity index (χ0n) is 14.8. The molecule has 0 saturated carbocycles. The van der Waals surface area contributed by atoms with Crippen molar-refractivity contribution in [3.8, 4) is 11.5 Å². The number of thiocarbonyl (C=S) groups is 1. The molecule has 1 N–H and O–H groups in total. The monoisotopic (exact) mass is 440 g/mol. The molecule has 1 aliphatic heterocycles. The Labute approximate surface area is 181 Å². The van der Waals surface area contributed by atoms with Crippen molar-refractivity contribution in [2.45, 2.75) is 0 Å². The summed E-state index contributed by atoms with van der Waals surface area (Å²) in [7, 11) is 0. The van der Waals surface area contributed by atoms with Crippen LogP contribution in [0.5, 0.6) is 11.5 Å². The van der Waals surface area contributed by atoms with E-state index in [9.17, 15) is 9.59 Å². The van der Waals surface area contributed by atoms with E-state index in [-0.39, 0.29) is 10.7 Å². The second-order valence-electron chi connectivity index (χ2n) is 6.01. The van der Waals surface area contributed by atoms with Crippen LogP contribution >= 0.6 is 35.2 Å². The molecule has 2 aromatic carbocycles. The first kappa shape index (κ1) is 19.3. The number of carbonyl (C=O) groups excluding carboxylic acids is 2. The minimum absolute atomic E-state index is 0.0123. The van der Waals surface area contributed by atoms with Gasteiger partial charge in [-0.25, -0.2) is 0 Å². The molecule has 0 spiro atoms. The summed E-state index contributed by atoms with van der Waals surface area (Å²) in [6.45, 7) is 0. The number of nitrogens with zero attached hydrogens (tertiary/aromatic N) is 1. The summed E-state index contributed by atoms with van der Waals surface area (Å²) in [4.78, 5) is 27.3. The lowest BCUT2D eigenvalue weighted by atomic mass is 10.1. The molecule has 1 saturated heterocycles. The van der Waals surface area contributed by atoms with Gasteiger partial charge >= 0.3 is 0 Å². The van der Waals surface area contributed by atoms with Crippen LogP contribution < -0.4 is 15.0 Å². The van der Waals surface area contributed by atoms with Crippen LogP contribution in [0.3, 0.4) is 0 Å². The zero-order valence-corrected chi connectivity index (χ0v) is 17.2. The summed E-state index contributed by atoms with van der Waals surface area (Å²) in [5.41, 5.74) is 0.511. The first-order chi connectivity index (χ1) is 14.0. The van der Waals surface area contributed by atoms with Crippen LogP contribution in [0.2, 0.25) is 4.34 Å². The third kappa shape index (κ3) is 4.22. The summed E-state index contributed by atoms with van der Waals surface area (Å²) < 4.78 is 6.34. The van der Waals surface area contributed by atoms with Crippen LogP contribution in [0, 0.1) is 0 Å². The number of benzene rings is 2. The molecular formula is C21H13ClN2O3S2. The van der Waals surface area contributed by atoms with E-state index in [1.54, 1.807) is 36.4 Å². The summed E-state index contributed by atoms with van der Waals surface area (Å²) in [6, 6.07) is 19.7. The summed E-state index contributed by atoms with van der Waals surface area (Å²) >= 11 is 12.4. The maximum Gasteiger partial charge on any atom is 0.270 e. The van der Waals surface area contributed by atoms with Gasteiger partial charge in [0.1, 0.15) is 17.1 Å². The molecular weight excluding hydrogens is 428 g/mol. The van der Waals surface area contributed by atoms with Crippen molar-refractivity contribution in [1.82, 2.24) is 5.32 Å². The minimum atomic E-state index is -0.537. The van der Waals surface area contributed by atoms with Crippen LogP contribution in [0.4, 0.5) is 5.69 Å². The van der Waals surface area contributed by atoms with Crippen LogP contribution in [-0.4, -0.2) is 16.9 Å². The molecule has 0 radical (unpaired) electrons. The van der Waals surface area contributed by atoms with Crippen LogP contribution in [0.1, 0.15) is 4.88 Å². The Morgan fingerprint density at radius 2 is 1.66 bits per heavy atom. The number of hydrogen-bond donors (Lipinski definition) is 1. The van der Waals surface area contributed by atoms with Crippen molar-refractivity contribution in [2.24, 2.45) is 0 Å². The molecule has 8 heteroatoms. The summed E-state index contributed by atoms with van der Waals surface area (Å²) in [5, 5.41) is 2.59. The van der Waals surface area contributed by atoms with Crippen molar-refractivity contribution in [2.75, 3.05) is 4.90 Å². The van der Waals surface area contributed by atoms with Crippen molar-refractivity contribution in [3.05, 3.63) is 81.5 Å². The molecule has 0 bridgehead atoms. The van der Waals surface area contributed by atoms with Crippen molar-refractivity contribution in [1.29, 1.82) is 0 Å². The fraction of sp³-hybridized carbons (Fsp3) is 0. The lowest BCUT2D eigenvalue weighted by Gasteiger charge is -2.28. The number of nitrogens with one attached hydrogen (secondary N) is 1. The van der Waals surface area contributed by atoms with E-state index in [0.717, 1.165) is 0 Å². The fourth-order valence-corrected chi connectivity index (χ4v) is 4.01. The van der Waals surface area contributed by atoms with Gasteiger partial charge in [0.15, 0.2) is 5.11 Å². The molecule has 0 aliphatic carbocycles. The van der Waals surface area contributed by atoms with E-state index in [4.69, 9.17) is 28.6 Å². The van der Waals surface area contributed by atoms with Crippen molar-refractivity contribution >= 4 is 63.8 Å². The van der Waals surface area contributed by atoms with E-state index >= 15 is 0 Å². The summed E-state index contributed by atoms with van der Waals surface area (Å²) in [5.74, 6) is 0.282. The lowest BCUT2D eigenvalue weighted by Crippen LogP contribution is -2.54. The number of hydrogen-bond acceptors (Lipinski definition) is 5. The molecule has 2 heterocycles. The number of thiophene rings is 1. The van der Waals surface area contributed by atoms with Gasteiger partial charge in [-0.1, -0.05) is 29.8 Å². The normalized spacial score (nSPS) is 15.6. The minimum Gasteiger partial charge on any atom is -0.457 e. The third-order valence-corrected chi connectivity index (χ3v) is 5.52. The Hall–Kier alpha value is -3.00. The van der Waals surface area contributed by atoms with Gasteiger partial charge in [-0.05, 0) is 66.8 Å². The van der Waals surface area contributed by atoms with Gasteiger partial charge in [-0.3, -0.25) is 19.8 Å². The third-order valence-electron chi connectivity index (χ3n) is 4.06. The fourth-order valence-electron chi connectivity index (χ4n) is 2.73. The number of amides is 2. The highest BCUT2D eigenvalue weighted by molar-refractivity contribution is 7.80. The molecule has 0 atom stereocenters. The Balaban J connectivity index is 1.59. The van der Waals surface area contributed by atoms with Crippen LogP contribution in [-0.2, 0) is 9.59 Å². The second-order valence-corrected chi connectivity index (χ2v) is 8.14. The lowest BCUT2D eigenvalue weighted by molar-refractivity contribution is -0.122. The molecule has 1 fully saturated rings. The molecule has 144 valence electrons. The van der Waals surface area contributed by atoms with E-state index in [0.29, 0.717) is 26.4 Å². The van der Waals surface area contributed by atoms with Gasteiger partial charge in [0, 0.05) is 4.88 Å². The van der Waals surface area contributed by atoms with Crippen molar-refractivity contribution < 1.29 is 14.3 Å². The molecule has 2 amide bonds. The largest absolute Gasteiger partial charge is 0.457 e. The maximum absolute atomic E-state index is 13.0. The molecule has 29 heavy (non-hydrogen) atoms. The average Bonchev–Trinajstić information content (AvgIpc) is 3.12. The second kappa shape index (κ2) is 8.16. The SMILES string of the molecule is O=C1NC(=S)N(c2ccc(Oc3ccccc3)cc2)C(=O)/C1=C/c1ccc(Cl)s1. The van der Waals surface area contributed by atoms with Gasteiger partial charge < -0.3 is 4.74 Å². The van der Waals surface area contributed by atoms with E-state index in [1.807, 2.05) is 30.3 Å². The maximum atomic E-state index is 13.0. The van der Waals surface area contributed by atoms with Crippen molar-refractivity contribution in [3.63, 3.8) is 0 Å². The van der Waals surface area contributed by atoms with Gasteiger partial charge in [0.25, 0.3) is 11.8 Å². The highest BCUT2D eigenvalue weighted by Crippen LogP contribution is 2.28.